The number of nitrogens with one attached hydrogen (secondary N) is 1. The van der Waals surface area contributed by atoms with E-state index in [1.54, 1.807) is 13.4 Å². The number of ether oxygens (including phenoxy) is 1. The van der Waals surface area contributed by atoms with Crippen LogP contribution in [0.3, 0.4) is 0 Å². The first-order valence-electron chi connectivity index (χ1n) is 6.61. The van der Waals surface area contributed by atoms with Crippen LogP contribution in [0, 0.1) is 0 Å². The van der Waals surface area contributed by atoms with E-state index in [-0.39, 0.29) is 0 Å². The van der Waals surface area contributed by atoms with Crippen molar-refractivity contribution in [3.8, 4) is 5.75 Å². The summed E-state index contributed by atoms with van der Waals surface area (Å²) in [6.07, 6.45) is 2.61. The summed E-state index contributed by atoms with van der Waals surface area (Å²) in [6, 6.07) is 12.8. The van der Waals surface area contributed by atoms with E-state index in [1.165, 1.54) is 5.56 Å². The van der Waals surface area contributed by atoms with Gasteiger partial charge in [0.2, 0.25) is 0 Å². The van der Waals surface area contributed by atoms with Crippen molar-refractivity contribution >= 4 is 0 Å². The average molecular weight is 259 g/mol. The van der Waals surface area contributed by atoms with Gasteiger partial charge in [0, 0.05) is 18.5 Å². The number of hydrogen-bond acceptors (Lipinski definition) is 3. The van der Waals surface area contributed by atoms with E-state index in [4.69, 9.17) is 9.15 Å². The summed E-state index contributed by atoms with van der Waals surface area (Å²) in [5, 5.41) is 3.57. The molecule has 1 aromatic carbocycles. The first kappa shape index (κ1) is 13.7. The molecule has 0 aliphatic rings. The molecule has 0 amide bonds. The monoisotopic (exact) mass is 259 g/mol. The van der Waals surface area contributed by atoms with Gasteiger partial charge >= 0.3 is 0 Å². The lowest BCUT2D eigenvalue weighted by Crippen LogP contribution is -2.30. The molecule has 1 N–H and O–H groups in total. The van der Waals surface area contributed by atoms with Crippen molar-refractivity contribution < 1.29 is 9.15 Å². The molecule has 0 aliphatic heterocycles. The second-order valence-corrected chi connectivity index (χ2v) is 4.85. The third-order valence-electron chi connectivity index (χ3n) is 3.24. The maximum Gasteiger partial charge on any atom is 0.118 e. The van der Waals surface area contributed by atoms with Crippen LogP contribution < -0.4 is 10.1 Å². The predicted molar refractivity (Wildman–Crippen MR) is 76.4 cm³/mol. The lowest BCUT2D eigenvalue weighted by Gasteiger charge is -2.20. The van der Waals surface area contributed by atoms with E-state index in [0.29, 0.717) is 12.1 Å². The Bertz CT molecular complexity index is 476. The number of benzene rings is 1. The maximum atomic E-state index is 5.37. The Hall–Kier alpha value is -1.74. The molecule has 0 saturated heterocycles. The largest absolute Gasteiger partial charge is 0.497 e. The van der Waals surface area contributed by atoms with Crippen molar-refractivity contribution in [3.05, 3.63) is 54.0 Å². The molecule has 0 spiro atoms. The molecule has 1 unspecified atom stereocenters. The zero-order chi connectivity index (χ0) is 13.7. The van der Waals surface area contributed by atoms with Gasteiger partial charge < -0.3 is 14.5 Å². The van der Waals surface area contributed by atoms with Gasteiger partial charge in [0.15, 0.2) is 0 Å². The standard InChI is InChI=1S/C16H21NO2/c1-12(11-16-5-4-10-19-16)17-13(2)14-6-8-15(18-3)9-7-14/h4-10,12-13,17H,11H2,1-3H3/t12?,13-/m1/s1. The van der Waals surface area contributed by atoms with E-state index in [2.05, 4.69) is 31.3 Å². The Morgan fingerprint density at radius 1 is 1.16 bits per heavy atom. The minimum Gasteiger partial charge on any atom is -0.497 e. The van der Waals surface area contributed by atoms with Gasteiger partial charge in [-0.05, 0) is 43.7 Å². The van der Waals surface area contributed by atoms with Gasteiger partial charge in [0.1, 0.15) is 11.5 Å². The van der Waals surface area contributed by atoms with Crippen LogP contribution in [0.1, 0.15) is 31.2 Å². The zero-order valence-corrected chi connectivity index (χ0v) is 11.7. The van der Waals surface area contributed by atoms with E-state index in [9.17, 15) is 0 Å². The van der Waals surface area contributed by atoms with Gasteiger partial charge in [0.05, 0.1) is 13.4 Å². The molecule has 3 heteroatoms. The van der Waals surface area contributed by atoms with Crippen LogP contribution in [0.4, 0.5) is 0 Å². The molecule has 1 heterocycles. The number of rotatable bonds is 6. The molecule has 0 saturated carbocycles. The van der Waals surface area contributed by atoms with Crippen molar-refractivity contribution in [2.24, 2.45) is 0 Å². The average Bonchev–Trinajstić information content (AvgIpc) is 2.91. The topological polar surface area (TPSA) is 34.4 Å². The van der Waals surface area contributed by atoms with Crippen LogP contribution in [0.25, 0.3) is 0 Å². The molecular weight excluding hydrogens is 238 g/mol. The highest BCUT2D eigenvalue weighted by Crippen LogP contribution is 2.18. The highest BCUT2D eigenvalue weighted by Gasteiger charge is 2.11. The van der Waals surface area contributed by atoms with Crippen LogP contribution in [0.2, 0.25) is 0 Å². The van der Waals surface area contributed by atoms with Crippen molar-refractivity contribution in [2.75, 3.05) is 7.11 Å². The van der Waals surface area contributed by atoms with Crippen LogP contribution >= 0.6 is 0 Å². The fourth-order valence-electron chi connectivity index (χ4n) is 2.21. The van der Waals surface area contributed by atoms with Gasteiger partial charge in [-0.1, -0.05) is 12.1 Å². The molecular formula is C16H21NO2. The van der Waals surface area contributed by atoms with Gasteiger partial charge in [-0.3, -0.25) is 0 Å². The van der Waals surface area contributed by atoms with Crippen molar-refractivity contribution in [2.45, 2.75) is 32.4 Å². The third kappa shape index (κ3) is 3.86. The van der Waals surface area contributed by atoms with Crippen LogP contribution in [0.5, 0.6) is 5.75 Å². The normalized spacial score (nSPS) is 14.1. The molecule has 0 bridgehead atoms. The van der Waals surface area contributed by atoms with Crippen LogP contribution in [-0.2, 0) is 6.42 Å². The minimum atomic E-state index is 0.302. The highest BCUT2D eigenvalue weighted by atomic mass is 16.5. The molecule has 2 atom stereocenters. The molecule has 0 fully saturated rings. The van der Waals surface area contributed by atoms with E-state index in [0.717, 1.165) is 17.9 Å². The van der Waals surface area contributed by atoms with E-state index in [1.807, 2.05) is 24.3 Å². The fourth-order valence-corrected chi connectivity index (χ4v) is 2.21. The van der Waals surface area contributed by atoms with Crippen molar-refractivity contribution in [1.29, 1.82) is 0 Å². The minimum absolute atomic E-state index is 0.302. The second-order valence-electron chi connectivity index (χ2n) is 4.85. The predicted octanol–water partition coefficient (Wildman–Crippen LogP) is 3.57. The smallest absolute Gasteiger partial charge is 0.118 e. The van der Waals surface area contributed by atoms with Crippen molar-refractivity contribution in [1.82, 2.24) is 5.32 Å². The Labute approximate surface area is 114 Å². The summed E-state index contributed by atoms with van der Waals surface area (Å²) < 4.78 is 10.5. The van der Waals surface area contributed by atoms with Gasteiger partial charge in [0.25, 0.3) is 0 Å². The quantitative estimate of drug-likeness (QED) is 0.861. The van der Waals surface area contributed by atoms with Crippen molar-refractivity contribution in [3.63, 3.8) is 0 Å². The lowest BCUT2D eigenvalue weighted by atomic mass is 10.1. The van der Waals surface area contributed by atoms with E-state index < -0.39 is 0 Å². The molecule has 0 radical (unpaired) electrons. The molecule has 19 heavy (non-hydrogen) atoms. The summed E-state index contributed by atoms with van der Waals surface area (Å²) in [6.45, 7) is 4.34. The maximum absolute atomic E-state index is 5.37. The molecule has 3 nitrogen and oxygen atoms in total. The van der Waals surface area contributed by atoms with Gasteiger partial charge in [-0.15, -0.1) is 0 Å². The summed E-state index contributed by atoms with van der Waals surface area (Å²) in [4.78, 5) is 0. The van der Waals surface area contributed by atoms with Gasteiger partial charge in [-0.25, -0.2) is 0 Å². The summed E-state index contributed by atoms with van der Waals surface area (Å²) in [5.41, 5.74) is 1.26. The number of furan rings is 1. The number of methoxy groups -OCH3 is 1. The van der Waals surface area contributed by atoms with E-state index >= 15 is 0 Å². The molecule has 0 aliphatic carbocycles. The summed E-state index contributed by atoms with van der Waals surface area (Å²) in [7, 11) is 1.68. The second kappa shape index (κ2) is 6.43. The summed E-state index contributed by atoms with van der Waals surface area (Å²) >= 11 is 0. The highest BCUT2D eigenvalue weighted by molar-refractivity contribution is 5.28. The van der Waals surface area contributed by atoms with Gasteiger partial charge in [-0.2, -0.15) is 0 Å². The Balaban J connectivity index is 1.90. The fraction of sp³-hybridized carbons (Fsp3) is 0.375. The molecule has 1 aromatic heterocycles. The zero-order valence-electron chi connectivity index (χ0n) is 11.7. The number of hydrogen-bond donors (Lipinski definition) is 1. The first-order valence-corrected chi connectivity index (χ1v) is 6.61. The molecule has 2 aromatic rings. The third-order valence-corrected chi connectivity index (χ3v) is 3.24. The van der Waals surface area contributed by atoms with Crippen LogP contribution in [-0.4, -0.2) is 13.2 Å². The molecule has 2 rings (SSSR count). The Morgan fingerprint density at radius 3 is 2.47 bits per heavy atom. The Kier molecular flexibility index (Phi) is 4.63. The van der Waals surface area contributed by atoms with Crippen LogP contribution in [0.15, 0.2) is 47.1 Å². The molecule has 102 valence electrons. The Morgan fingerprint density at radius 2 is 1.89 bits per heavy atom. The lowest BCUT2D eigenvalue weighted by molar-refractivity contribution is 0.413. The summed E-state index contributed by atoms with van der Waals surface area (Å²) in [5.74, 6) is 1.90. The first-order chi connectivity index (χ1) is 9.19. The SMILES string of the molecule is COc1ccc([C@@H](C)NC(C)Cc2ccco2)cc1.